The van der Waals surface area contributed by atoms with E-state index in [9.17, 15) is 9.18 Å². The van der Waals surface area contributed by atoms with Crippen LogP contribution in [-0.4, -0.2) is 46.9 Å². The molecule has 0 aliphatic carbocycles. The molecule has 31 heavy (non-hydrogen) atoms. The second-order valence-electron chi connectivity index (χ2n) is 6.76. The number of nitrogens with zero attached hydrogens (tertiary/aromatic N) is 3. The van der Waals surface area contributed by atoms with E-state index in [4.69, 9.17) is 22.0 Å². The Labute approximate surface area is 208 Å². The number of nitrogens with one attached hydrogen (secondary N) is 2. The predicted molar refractivity (Wildman–Crippen MR) is 123 cm³/mol. The summed E-state index contributed by atoms with van der Waals surface area (Å²) in [5.74, 6) is -6.19. The number of rotatable bonds is 6. The lowest BCUT2D eigenvalue weighted by atomic mass is 10.0. The zero-order valence-electron chi connectivity index (χ0n) is 32.1. The number of hydrogen-bond acceptors (Lipinski definition) is 6. The van der Waals surface area contributed by atoms with Gasteiger partial charge in [0.05, 0.1) is 13.7 Å². The highest BCUT2D eigenvalue weighted by molar-refractivity contribution is 7.18. The predicted octanol–water partition coefficient (Wildman–Crippen LogP) is 4.39. The topological polar surface area (TPSA) is 70.2 Å². The second-order valence-corrected chi connectivity index (χ2v) is 7.76. The summed E-state index contributed by atoms with van der Waals surface area (Å²) in [4.78, 5) is 20.9. The van der Waals surface area contributed by atoms with Crippen LogP contribution >= 0.6 is 11.3 Å². The lowest BCUT2D eigenvalue weighted by molar-refractivity contribution is 0.0959. The summed E-state index contributed by atoms with van der Waals surface area (Å²) in [6, 6.07) is 0.551. The lowest BCUT2D eigenvalue weighted by Crippen LogP contribution is -2.38. The number of benzene rings is 1. The number of carbonyl (C=O) groups excluding carboxylic acids is 1. The van der Waals surface area contributed by atoms with Crippen LogP contribution in [0, 0.1) is 5.82 Å². The molecule has 2 aromatic heterocycles. The number of aromatic nitrogens is 2. The van der Waals surface area contributed by atoms with Crippen molar-refractivity contribution in [3.8, 4) is 0 Å². The molecule has 1 aliphatic heterocycles. The number of thiophene rings is 1. The van der Waals surface area contributed by atoms with Crippen LogP contribution < -0.4 is 10.6 Å². The summed E-state index contributed by atoms with van der Waals surface area (Å²) >= 11 is 0.418. The zero-order chi connectivity index (χ0) is 35.7. The Bertz CT molecular complexity index is 1660. The SMILES string of the molecule is [2H]c1nc(N([2H])C2([2H])CCN(C([2H])c3ccc(F)c(C(=O)N([2H])C([2H])([2H])[2H])c3)CC2)c2c([2H])c(C([2H])(C([2H])([2H])[2H])C([2H])([2H])[2H])sc2n1. The van der Waals surface area contributed by atoms with Crippen molar-refractivity contribution in [3.05, 3.63) is 52.4 Å². The summed E-state index contributed by atoms with van der Waals surface area (Å²) in [7, 11) is 0. The van der Waals surface area contributed by atoms with Crippen molar-refractivity contribution in [2.45, 2.75) is 45.0 Å². The van der Waals surface area contributed by atoms with Gasteiger partial charge >= 0.3 is 0 Å². The standard InChI is InChI=1S/C23H28FN5OS/c1-14(2)20-11-18-21(26-13-27-23(18)31-20)28-16-6-8-29(9-7-16)12-15-4-5-19(24)17(10-15)22(30)25-3/h4-5,10-11,13-14,16H,6-9,12H2,1-3H3,(H,25,30)(H,26,27,28)/i1D3,2D3,3D3,11D,12D,13D,14D,16D/hD2. The van der Waals surface area contributed by atoms with Gasteiger partial charge in [-0.2, -0.15) is 0 Å². The van der Waals surface area contributed by atoms with Gasteiger partial charge in [-0.1, -0.05) is 19.8 Å². The number of piperidine rings is 1. The molecular weight excluding hydrogens is 413 g/mol. The molecule has 1 fully saturated rings. The van der Waals surface area contributed by atoms with Crippen molar-refractivity contribution in [2.75, 3.05) is 25.4 Å². The highest BCUT2D eigenvalue weighted by Gasteiger charge is 2.21. The van der Waals surface area contributed by atoms with Crippen molar-refractivity contribution in [1.29, 1.82) is 0 Å². The van der Waals surface area contributed by atoms with Gasteiger partial charge in [-0.3, -0.25) is 9.69 Å². The molecule has 1 unspecified atom stereocenters. The third-order valence-corrected chi connectivity index (χ3v) is 5.70. The number of amides is 1. The first kappa shape index (κ1) is 9.50. The van der Waals surface area contributed by atoms with Gasteiger partial charge in [0, 0.05) is 52.6 Å². The molecule has 0 saturated carbocycles. The number of carbonyl (C=O) groups is 1. The largest absolute Gasteiger partial charge is 0.367 e. The molecule has 3 heterocycles. The van der Waals surface area contributed by atoms with Gasteiger partial charge < -0.3 is 10.6 Å². The average molecular weight is 458 g/mol. The smallest absolute Gasteiger partial charge is 0.254 e. The molecule has 1 atom stereocenters. The van der Waals surface area contributed by atoms with E-state index in [-0.39, 0.29) is 47.0 Å². The Morgan fingerprint density at radius 3 is 3.13 bits per heavy atom. The van der Waals surface area contributed by atoms with E-state index in [1.165, 1.54) is 11.0 Å². The Morgan fingerprint density at radius 2 is 2.35 bits per heavy atom. The first-order chi connectivity index (χ1) is 21.3. The van der Waals surface area contributed by atoms with Crippen molar-refractivity contribution >= 4 is 33.3 Å². The molecule has 1 aromatic carbocycles. The van der Waals surface area contributed by atoms with E-state index in [0.717, 1.165) is 12.1 Å². The molecule has 1 aliphatic rings. The van der Waals surface area contributed by atoms with Gasteiger partial charge in [0.1, 0.15) is 24.1 Å². The highest BCUT2D eigenvalue weighted by Crippen LogP contribution is 2.33. The quantitative estimate of drug-likeness (QED) is 0.574. The fraction of sp³-hybridized carbons (Fsp3) is 0.435. The zero-order valence-corrected chi connectivity index (χ0v) is 16.9. The molecule has 0 bridgehead atoms. The molecule has 3 aromatic rings. The van der Waals surface area contributed by atoms with Gasteiger partial charge in [0.25, 0.3) is 5.91 Å². The van der Waals surface area contributed by atoms with Crippen LogP contribution in [0.4, 0.5) is 10.2 Å². The highest BCUT2D eigenvalue weighted by atomic mass is 32.1. The molecule has 4 rings (SSSR count). The number of hydrogen-bond donors (Lipinski definition) is 2. The molecular formula is C23H28FN5OS. The summed E-state index contributed by atoms with van der Waals surface area (Å²) in [5, 5.41) is -0.0199. The molecule has 0 radical (unpaired) electrons. The first-order valence-electron chi connectivity index (χ1n) is 17.2. The Morgan fingerprint density at radius 1 is 1.52 bits per heavy atom. The molecule has 2 N–H and O–H groups in total. The summed E-state index contributed by atoms with van der Waals surface area (Å²) in [5.41, 5.74) is -0.624. The van der Waals surface area contributed by atoms with Crippen LogP contribution in [0.3, 0.4) is 0 Å². The van der Waals surface area contributed by atoms with E-state index in [1.54, 1.807) is 0 Å². The van der Waals surface area contributed by atoms with Gasteiger partial charge in [0.15, 0.2) is 2.82 Å². The number of halogens is 1. The number of anilines is 1. The van der Waals surface area contributed by atoms with Crippen molar-refractivity contribution in [2.24, 2.45) is 0 Å². The van der Waals surface area contributed by atoms with Gasteiger partial charge in [0.2, 0.25) is 0 Å². The lowest BCUT2D eigenvalue weighted by Gasteiger charge is -2.32. The molecule has 0 spiro atoms. The van der Waals surface area contributed by atoms with Crippen LogP contribution in [0.15, 0.2) is 30.5 Å². The van der Waals surface area contributed by atoms with Gasteiger partial charge in [-0.15, -0.1) is 11.3 Å². The van der Waals surface area contributed by atoms with Crippen molar-refractivity contribution in [3.63, 3.8) is 0 Å². The van der Waals surface area contributed by atoms with Crippen molar-refractivity contribution in [1.82, 2.24) is 20.2 Å². The van der Waals surface area contributed by atoms with E-state index < -0.39 is 79.4 Å². The maximum Gasteiger partial charge on any atom is 0.254 e. The van der Waals surface area contributed by atoms with Gasteiger partial charge in [-0.05, 0) is 42.5 Å². The Balaban J connectivity index is 1.63. The van der Waals surface area contributed by atoms with Crippen LogP contribution in [0.25, 0.3) is 10.2 Å². The third-order valence-electron chi connectivity index (χ3n) is 4.70. The van der Waals surface area contributed by atoms with Crippen LogP contribution in [-0.2, 0) is 6.52 Å². The molecule has 6 nitrogen and oxygen atoms in total. The molecule has 1 amide bonds. The van der Waals surface area contributed by atoms with Crippen LogP contribution in [0.2, 0.25) is 2.82 Å². The van der Waals surface area contributed by atoms with Crippen molar-refractivity contribution < 1.29 is 31.2 Å². The number of fused-ring (bicyclic) bond motifs is 1. The van der Waals surface area contributed by atoms with E-state index >= 15 is 0 Å². The van der Waals surface area contributed by atoms with Crippen LogP contribution in [0.1, 0.15) is 72.4 Å². The Kier molecular flexibility index (Phi) is 2.84. The minimum absolute atomic E-state index is 0.00789. The summed E-state index contributed by atoms with van der Waals surface area (Å²) in [6.07, 6.45) is -0.919. The maximum absolute atomic E-state index is 14.4. The van der Waals surface area contributed by atoms with E-state index in [1.807, 2.05) is 0 Å². The monoisotopic (exact) mass is 457 g/mol. The number of likely N-dealkylation sites (tertiary alicyclic amines) is 1. The van der Waals surface area contributed by atoms with Crippen LogP contribution in [0.5, 0.6) is 0 Å². The fourth-order valence-corrected chi connectivity index (χ4v) is 3.95. The average Bonchev–Trinajstić information content (AvgIpc) is 3.29. The second kappa shape index (κ2) is 9.28. The fourth-order valence-electron chi connectivity index (χ4n) is 3.17. The van der Waals surface area contributed by atoms with E-state index in [0.29, 0.717) is 16.6 Å². The Hall–Kier alpha value is -2.58. The normalized spacial score (nSPS) is 26.6. The van der Waals surface area contributed by atoms with Gasteiger partial charge in [-0.25, -0.2) is 14.4 Å². The van der Waals surface area contributed by atoms with E-state index in [2.05, 4.69) is 9.97 Å². The third kappa shape index (κ3) is 4.85. The molecule has 1 saturated heterocycles. The first-order valence-corrected chi connectivity index (χ1v) is 10.0. The molecule has 164 valence electrons. The minimum atomic E-state index is -3.40. The summed E-state index contributed by atoms with van der Waals surface area (Å²) in [6.45, 7) is -11.2. The maximum atomic E-state index is 14.4. The minimum Gasteiger partial charge on any atom is -0.367 e. The summed E-state index contributed by atoms with van der Waals surface area (Å²) < 4.78 is 142. The molecule has 8 heteroatoms.